The maximum Gasteiger partial charge on any atom is 0.232 e. The molecular formula is C12H18N4OS. The van der Waals surface area contributed by atoms with E-state index in [9.17, 15) is 4.79 Å². The highest BCUT2D eigenvalue weighted by molar-refractivity contribution is 7.99. The molecule has 0 atom stereocenters. The Kier molecular flexibility index (Phi) is 4.06. The number of amides is 1. The zero-order chi connectivity index (χ0) is 13.1. The predicted octanol–water partition coefficient (Wildman–Crippen LogP) is 1.52. The van der Waals surface area contributed by atoms with E-state index in [0.29, 0.717) is 18.2 Å². The highest BCUT2D eigenvalue weighted by Crippen LogP contribution is 2.40. The largest absolute Gasteiger partial charge is 0.348 e. The van der Waals surface area contributed by atoms with Gasteiger partial charge in [-0.3, -0.25) is 4.79 Å². The van der Waals surface area contributed by atoms with Crippen LogP contribution in [0.4, 0.5) is 0 Å². The monoisotopic (exact) mass is 266 g/mol. The molecule has 1 fully saturated rings. The van der Waals surface area contributed by atoms with Gasteiger partial charge in [0.1, 0.15) is 5.82 Å². The Labute approximate surface area is 111 Å². The number of allylic oxidation sites excluding steroid dienone is 1. The number of thioether (sulfide) groups is 1. The summed E-state index contributed by atoms with van der Waals surface area (Å²) in [6.07, 6.45) is 4.22. The molecule has 0 aliphatic heterocycles. The van der Waals surface area contributed by atoms with Crippen molar-refractivity contribution in [3.63, 3.8) is 0 Å². The third-order valence-electron chi connectivity index (χ3n) is 2.82. The van der Waals surface area contributed by atoms with Gasteiger partial charge in [0.2, 0.25) is 5.91 Å². The second-order valence-corrected chi connectivity index (χ2v) is 5.53. The Morgan fingerprint density at radius 2 is 2.28 bits per heavy atom. The Morgan fingerprint density at radius 1 is 1.56 bits per heavy atom. The first kappa shape index (κ1) is 13.1. The molecule has 0 aromatic carbocycles. The van der Waals surface area contributed by atoms with Gasteiger partial charge in [0.15, 0.2) is 5.16 Å². The zero-order valence-corrected chi connectivity index (χ0v) is 11.6. The normalized spacial score (nSPS) is 14.6. The molecule has 1 aliphatic rings. The van der Waals surface area contributed by atoms with Crippen molar-refractivity contribution in [1.82, 2.24) is 19.7 Å². The Morgan fingerprint density at radius 3 is 2.83 bits per heavy atom. The topological polar surface area (TPSA) is 51.0 Å². The molecular weight excluding hydrogens is 248 g/mol. The molecule has 0 radical (unpaired) electrons. The summed E-state index contributed by atoms with van der Waals surface area (Å²) in [5, 5.41) is 9.24. The molecule has 0 N–H and O–H groups in total. The minimum atomic E-state index is 0.0844. The maximum absolute atomic E-state index is 11.6. The van der Waals surface area contributed by atoms with Crippen molar-refractivity contribution in [2.75, 3.05) is 19.8 Å². The summed E-state index contributed by atoms with van der Waals surface area (Å²) in [5.74, 6) is 2.07. The molecule has 1 aromatic rings. The number of hydrogen-bond donors (Lipinski definition) is 0. The lowest BCUT2D eigenvalue weighted by Crippen LogP contribution is -2.23. The average molecular weight is 266 g/mol. The van der Waals surface area contributed by atoms with Crippen LogP contribution in [0.2, 0.25) is 0 Å². The van der Waals surface area contributed by atoms with E-state index in [-0.39, 0.29) is 5.91 Å². The lowest BCUT2D eigenvalue weighted by molar-refractivity contribution is -0.125. The van der Waals surface area contributed by atoms with Crippen molar-refractivity contribution in [1.29, 1.82) is 0 Å². The molecule has 1 saturated carbocycles. The summed E-state index contributed by atoms with van der Waals surface area (Å²) >= 11 is 1.44. The van der Waals surface area contributed by atoms with E-state index in [1.165, 1.54) is 24.6 Å². The van der Waals surface area contributed by atoms with Gasteiger partial charge in [0.25, 0.3) is 0 Å². The van der Waals surface area contributed by atoms with Gasteiger partial charge in [-0.25, -0.2) is 0 Å². The van der Waals surface area contributed by atoms with Crippen LogP contribution in [0.25, 0.3) is 0 Å². The summed E-state index contributed by atoms with van der Waals surface area (Å²) in [6.45, 7) is 4.47. The van der Waals surface area contributed by atoms with E-state index < -0.39 is 0 Å². The van der Waals surface area contributed by atoms with Gasteiger partial charge >= 0.3 is 0 Å². The van der Waals surface area contributed by atoms with E-state index in [1.807, 2.05) is 6.08 Å². The van der Waals surface area contributed by atoms with Crippen LogP contribution in [-0.2, 0) is 11.3 Å². The number of aromatic nitrogens is 3. The standard InChI is InChI=1S/C12H18N4OS/c1-4-7-16-11(9-5-6-9)13-14-12(16)18-8-10(17)15(2)3/h4,9H,1,5-8H2,2-3H3. The van der Waals surface area contributed by atoms with Gasteiger partial charge in [-0.1, -0.05) is 17.8 Å². The second kappa shape index (κ2) is 5.56. The SMILES string of the molecule is C=CCn1c(SCC(=O)N(C)C)nnc1C1CC1. The van der Waals surface area contributed by atoms with Crippen molar-refractivity contribution in [2.24, 2.45) is 0 Å². The minimum Gasteiger partial charge on any atom is -0.348 e. The van der Waals surface area contributed by atoms with Crippen LogP contribution in [0.5, 0.6) is 0 Å². The molecule has 0 bridgehead atoms. The van der Waals surface area contributed by atoms with Crippen LogP contribution >= 0.6 is 11.8 Å². The smallest absolute Gasteiger partial charge is 0.232 e. The van der Waals surface area contributed by atoms with Crippen molar-refractivity contribution in [2.45, 2.75) is 30.5 Å². The highest BCUT2D eigenvalue weighted by atomic mass is 32.2. The summed E-state index contributed by atoms with van der Waals surface area (Å²) in [6, 6.07) is 0. The van der Waals surface area contributed by atoms with Crippen LogP contribution in [0.15, 0.2) is 17.8 Å². The number of hydrogen-bond acceptors (Lipinski definition) is 4. The Hall–Kier alpha value is -1.30. The predicted molar refractivity (Wildman–Crippen MR) is 71.6 cm³/mol. The van der Waals surface area contributed by atoms with Gasteiger partial charge in [-0.05, 0) is 12.8 Å². The Bertz CT molecular complexity index is 451. The first-order valence-corrected chi connectivity index (χ1v) is 6.99. The summed E-state index contributed by atoms with van der Waals surface area (Å²) in [7, 11) is 3.51. The van der Waals surface area contributed by atoms with Gasteiger partial charge < -0.3 is 9.47 Å². The lowest BCUT2D eigenvalue weighted by atomic mass is 10.4. The van der Waals surface area contributed by atoms with E-state index in [0.717, 1.165) is 11.0 Å². The van der Waals surface area contributed by atoms with E-state index in [4.69, 9.17) is 0 Å². The molecule has 2 rings (SSSR count). The van der Waals surface area contributed by atoms with Crippen molar-refractivity contribution >= 4 is 17.7 Å². The molecule has 18 heavy (non-hydrogen) atoms. The van der Waals surface area contributed by atoms with E-state index >= 15 is 0 Å². The number of nitrogens with zero attached hydrogens (tertiary/aromatic N) is 4. The molecule has 1 heterocycles. The van der Waals surface area contributed by atoms with Crippen LogP contribution in [0.1, 0.15) is 24.6 Å². The van der Waals surface area contributed by atoms with Crippen LogP contribution in [0.3, 0.4) is 0 Å². The molecule has 1 amide bonds. The van der Waals surface area contributed by atoms with Crippen molar-refractivity contribution in [3.8, 4) is 0 Å². The molecule has 6 heteroatoms. The fourth-order valence-electron chi connectivity index (χ4n) is 1.61. The molecule has 0 spiro atoms. The number of carbonyl (C=O) groups is 1. The average Bonchev–Trinajstić information content (AvgIpc) is 3.10. The number of carbonyl (C=O) groups excluding carboxylic acids is 1. The van der Waals surface area contributed by atoms with Crippen LogP contribution < -0.4 is 0 Å². The fraction of sp³-hybridized carbons (Fsp3) is 0.583. The zero-order valence-electron chi connectivity index (χ0n) is 10.8. The Balaban J connectivity index is 2.07. The fourth-order valence-corrected chi connectivity index (χ4v) is 2.54. The third kappa shape index (κ3) is 2.93. The summed E-state index contributed by atoms with van der Waals surface area (Å²) < 4.78 is 2.07. The van der Waals surface area contributed by atoms with Crippen molar-refractivity contribution < 1.29 is 4.79 Å². The first-order chi connectivity index (χ1) is 8.63. The minimum absolute atomic E-state index is 0.0844. The molecule has 0 unspecified atom stereocenters. The lowest BCUT2D eigenvalue weighted by Gasteiger charge is -2.10. The van der Waals surface area contributed by atoms with E-state index in [1.54, 1.807) is 19.0 Å². The van der Waals surface area contributed by atoms with Gasteiger partial charge in [-0.15, -0.1) is 16.8 Å². The van der Waals surface area contributed by atoms with Crippen LogP contribution in [-0.4, -0.2) is 45.4 Å². The molecule has 1 aromatic heterocycles. The molecule has 5 nitrogen and oxygen atoms in total. The van der Waals surface area contributed by atoms with Crippen molar-refractivity contribution in [3.05, 3.63) is 18.5 Å². The molecule has 98 valence electrons. The first-order valence-electron chi connectivity index (χ1n) is 6.00. The second-order valence-electron chi connectivity index (χ2n) is 4.59. The molecule has 0 saturated heterocycles. The quantitative estimate of drug-likeness (QED) is 0.578. The van der Waals surface area contributed by atoms with Gasteiger partial charge in [-0.2, -0.15) is 0 Å². The van der Waals surface area contributed by atoms with Gasteiger partial charge in [0.05, 0.1) is 5.75 Å². The third-order valence-corrected chi connectivity index (χ3v) is 3.77. The molecule has 1 aliphatic carbocycles. The van der Waals surface area contributed by atoms with Gasteiger partial charge in [0, 0.05) is 26.6 Å². The summed E-state index contributed by atoms with van der Waals surface area (Å²) in [4.78, 5) is 13.2. The number of rotatable bonds is 6. The van der Waals surface area contributed by atoms with Crippen LogP contribution in [0, 0.1) is 0 Å². The summed E-state index contributed by atoms with van der Waals surface area (Å²) in [5.41, 5.74) is 0. The highest BCUT2D eigenvalue weighted by Gasteiger charge is 2.30. The van der Waals surface area contributed by atoms with E-state index in [2.05, 4.69) is 21.3 Å². The maximum atomic E-state index is 11.6.